The Kier molecular flexibility index (Phi) is 3.08. The summed E-state index contributed by atoms with van der Waals surface area (Å²) >= 11 is 0. The molecule has 0 bridgehead atoms. The first-order valence-corrected chi connectivity index (χ1v) is 6.74. The zero-order valence-corrected chi connectivity index (χ0v) is 11.7. The van der Waals surface area contributed by atoms with Crippen molar-refractivity contribution in [3.05, 3.63) is 77.5 Å². The van der Waals surface area contributed by atoms with Crippen molar-refractivity contribution in [1.29, 1.82) is 5.26 Å². The van der Waals surface area contributed by atoms with Crippen LogP contribution in [0.15, 0.2) is 60.8 Å². The molecule has 1 aliphatic rings. The molecule has 0 spiro atoms. The van der Waals surface area contributed by atoms with Gasteiger partial charge in [-0.25, -0.2) is 0 Å². The highest BCUT2D eigenvalue weighted by Gasteiger charge is 2.39. The van der Waals surface area contributed by atoms with E-state index in [0.29, 0.717) is 5.56 Å². The Balaban J connectivity index is 2.10. The molecule has 1 aliphatic heterocycles. The molecule has 1 atom stereocenters. The second kappa shape index (κ2) is 4.92. The summed E-state index contributed by atoms with van der Waals surface area (Å²) in [5.41, 5.74) is 1.39. The van der Waals surface area contributed by atoms with Crippen LogP contribution in [-0.4, -0.2) is 10.8 Å². The Morgan fingerprint density at radius 2 is 1.76 bits per heavy atom. The van der Waals surface area contributed by atoms with Crippen molar-refractivity contribution >= 4 is 12.0 Å². The second-order valence-electron chi connectivity index (χ2n) is 5.13. The lowest BCUT2D eigenvalue weighted by molar-refractivity contribution is 0.0718. The summed E-state index contributed by atoms with van der Waals surface area (Å²) in [6.07, 6.45) is 3.57. The second-order valence-corrected chi connectivity index (χ2v) is 5.13. The van der Waals surface area contributed by atoms with Crippen molar-refractivity contribution in [2.45, 2.75) is 12.5 Å². The molecule has 0 aliphatic carbocycles. The maximum atomic E-state index is 12.7. The molecule has 3 rings (SSSR count). The summed E-state index contributed by atoms with van der Waals surface area (Å²) < 4.78 is 0. The molecule has 0 fully saturated rings. The van der Waals surface area contributed by atoms with Gasteiger partial charge in [-0.15, -0.1) is 0 Å². The minimum Gasteiger partial charge on any atom is -0.292 e. The minimum atomic E-state index is -1.00. The molecule has 102 valence electrons. The van der Waals surface area contributed by atoms with E-state index in [1.54, 1.807) is 25.3 Å². The fourth-order valence-corrected chi connectivity index (χ4v) is 2.62. The number of hydrogen-bond donors (Lipinski definition) is 0. The van der Waals surface area contributed by atoms with Gasteiger partial charge in [-0.3, -0.25) is 9.69 Å². The van der Waals surface area contributed by atoms with Gasteiger partial charge < -0.3 is 0 Å². The molecule has 3 heteroatoms. The van der Waals surface area contributed by atoms with Crippen molar-refractivity contribution in [1.82, 2.24) is 4.90 Å². The maximum absolute atomic E-state index is 12.7. The summed E-state index contributed by atoms with van der Waals surface area (Å²) in [6, 6.07) is 19.0. The summed E-state index contributed by atoms with van der Waals surface area (Å²) in [5.74, 6) is -0.176. The average molecular weight is 274 g/mol. The van der Waals surface area contributed by atoms with Crippen LogP contribution in [0.1, 0.15) is 28.4 Å². The number of rotatable bonds is 1. The van der Waals surface area contributed by atoms with E-state index in [4.69, 9.17) is 0 Å². The fraction of sp³-hybridized carbons (Fsp3) is 0.111. The van der Waals surface area contributed by atoms with Gasteiger partial charge in [-0.05, 0) is 36.3 Å². The Bertz CT molecular complexity index is 758. The first kappa shape index (κ1) is 13.1. The highest BCUT2D eigenvalue weighted by Crippen LogP contribution is 2.36. The van der Waals surface area contributed by atoms with Gasteiger partial charge in [-0.1, -0.05) is 42.5 Å². The lowest BCUT2D eigenvalue weighted by atomic mass is 9.85. The van der Waals surface area contributed by atoms with Crippen molar-refractivity contribution < 1.29 is 4.79 Å². The normalized spacial score (nSPS) is 19.7. The third kappa shape index (κ3) is 2.02. The highest BCUT2D eigenvalue weighted by atomic mass is 16.2. The molecule has 0 aromatic heterocycles. The van der Waals surface area contributed by atoms with Crippen LogP contribution in [-0.2, 0) is 5.54 Å². The highest BCUT2D eigenvalue weighted by molar-refractivity contribution is 5.96. The SMILES string of the molecule is C[C@@]1(C#N)c2ccccc2C=CN1C(=O)c1ccccc1. The van der Waals surface area contributed by atoms with E-state index in [-0.39, 0.29) is 5.91 Å². The number of nitriles is 1. The largest absolute Gasteiger partial charge is 0.292 e. The van der Waals surface area contributed by atoms with Gasteiger partial charge in [0.05, 0.1) is 6.07 Å². The molecule has 0 unspecified atom stereocenters. The van der Waals surface area contributed by atoms with Crippen LogP contribution in [0.3, 0.4) is 0 Å². The van der Waals surface area contributed by atoms with E-state index in [1.807, 2.05) is 48.5 Å². The van der Waals surface area contributed by atoms with E-state index in [9.17, 15) is 10.1 Å². The lowest BCUT2D eigenvalue weighted by Crippen LogP contribution is -2.45. The van der Waals surface area contributed by atoms with Gasteiger partial charge in [0.15, 0.2) is 5.54 Å². The van der Waals surface area contributed by atoms with Crippen molar-refractivity contribution in [2.75, 3.05) is 0 Å². The van der Waals surface area contributed by atoms with Crippen LogP contribution in [0.4, 0.5) is 0 Å². The summed E-state index contributed by atoms with van der Waals surface area (Å²) in [7, 11) is 0. The third-order valence-corrected chi connectivity index (χ3v) is 3.83. The first-order chi connectivity index (χ1) is 10.2. The van der Waals surface area contributed by atoms with Crippen molar-refractivity contribution in [3.8, 4) is 6.07 Å². The fourth-order valence-electron chi connectivity index (χ4n) is 2.62. The summed E-state index contributed by atoms with van der Waals surface area (Å²) in [5, 5.41) is 9.69. The molecule has 1 heterocycles. The Morgan fingerprint density at radius 3 is 2.48 bits per heavy atom. The molecule has 21 heavy (non-hydrogen) atoms. The molecule has 2 aromatic rings. The topological polar surface area (TPSA) is 44.1 Å². The predicted molar refractivity (Wildman–Crippen MR) is 81.1 cm³/mol. The molecular formula is C18H14N2O. The molecule has 0 N–H and O–H groups in total. The molecule has 0 saturated heterocycles. The number of hydrogen-bond acceptors (Lipinski definition) is 2. The van der Waals surface area contributed by atoms with Crippen LogP contribution in [0.5, 0.6) is 0 Å². The molecular weight excluding hydrogens is 260 g/mol. The number of benzene rings is 2. The van der Waals surface area contributed by atoms with Gasteiger partial charge >= 0.3 is 0 Å². The number of fused-ring (bicyclic) bond motifs is 1. The van der Waals surface area contributed by atoms with Crippen LogP contribution in [0.25, 0.3) is 6.08 Å². The smallest absolute Gasteiger partial charge is 0.259 e. The van der Waals surface area contributed by atoms with Crippen LogP contribution in [0.2, 0.25) is 0 Å². The molecule has 2 aromatic carbocycles. The molecule has 1 amide bonds. The standard InChI is InChI=1S/C18H14N2O/c1-18(13-19)16-10-6-5-7-14(16)11-12-20(18)17(21)15-8-3-2-4-9-15/h2-12H,1H3/t18-/m1/s1. The van der Waals surface area contributed by atoms with Crippen LogP contribution in [0, 0.1) is 11.3 Å². The van der Waals surface area contributed by atoms with E-state index in [2.05, 4.69) is 6.07 Å². The quantitative estimate of drug-likeness (QED) is 0.798. The molecule has 3 nitrogen and oxygen atoms in total. The predicted octanol–water partition coefficient (Wildman–Crippen LogP) is 3.55. The zero-order chi connectivity index (χ0) is 14.9. The minimum absolute atomic E-state index is 0.176. The van der Waals surface area contributed by atoms with Gasteiger partial charge in [0.2, 0.25) is 0 Å². The zero-order valence-electron chi connectivity index (χ0n) is 11.7. The number of nitrogens with zero attached hydrogens (tertiary/aromatic N) is 2. The maximum Gasteiger partial charge on any atom is 0.259 e. The van der Waals surface area contributed by atoms with E-state index < -0.39 is 5.54 Å². The Hall–Kier alpha value is -2.86. The first-order valence-electron chi connectivity index (χ1n) is 6.74. The van der Waals surface area contributed by atoms with Gasteiger partial charge in [-0.2, -0.15) is 5.26 Å². The number of amides is 1. The number of carbonyl (C=O) groups excluding carboxylic acids is 1. The molecule has 0 saturated carbocycles. The Morgan fingerprint density at radius 1 is 1.10 bits per heavy atom. The van der Waals surface area contributed by atoms with Gasteiger partial charge in [0.25, 0.3) is 5.91 Å². The lowest BCUT2D eigenvalue weighted by Gasteiger charge is -2.37. The van der Waals surface area contributed by atoms with Gasteiger partial charge in [0.1, 0.15) is 0 Å². The van der Waals surface area contributed by atoms with Crippen molar-refractivity contribution in [3.63, 3.8) is 0 Å². The van der Waals surface area contributed by atoms with E-state index in [1.165, 1.54) is 4.90 Å². The third-order valence-electron chi connectivity index (χ3n) is 3.83. The molecule has 0 radical (unpaired) electrons. The van der Waals surface area contributed by atoms with Crippen molar-refractivity contribution in [2.24, 2.45) is 0 Å². The summed E-state index contributed by atoms with van der Waals surface area (Å²) in [4.78, 5) is 14.2. The Labute approximate surface area is 123 Å². The monoisotopic (exact) mass is 274 g/mol. The van der Waals surface area contributed by atoms with Crippen LogP contribution < -0.4 is 0 Å². The van der Waals surface area contributed by atoms with Crippen LogP contribution >= 0.6 is 0 Å². The van der Waals surface area contributed by atoms with E-state index in [0.717, 1.165) is 11.1 Å². The number of carbonyl (C=O) groups is 1. The average Bonchev–Trinajstić information content (AvgIpc) is 2.55. The van der Waals surface area contributed by atoms with Gasteiger partial charge in [0, 0.05) is 11.8 Å². The van der Waals surface area contributed by atoms with E-state index >= 15 is 0 Å². The summed E-state index contributed by atoms with van der Waals surface area (Å²) in [6.45, 7) is 1.77.